The Labute approximate surface area is 257 Å². The first-order valence-corrected chi connectivity index (χ1v) is 14.7. The van der Waals surface area contributed by atoms with Gasteiger partial charge >= 0.3 is 5.97 Å². The molecule has 3 aromatic carbocycles. The highest BCUT2D eigenvalue weighted by Crippen LogP contribution is 2.48. The van der Waals surface area contributed by atoms with Gasteiger partial charge in [0.1, 0.15) is 12.4 Å². The Morgan fingerprint density at radius 2 is 1.68 bits per heavy atom. The first kappa shape index (κ1) is 27.5. The molecule has 1 aliphatic heterocycles. The number of Topliss-reactive ketones (excluding diaryl/α,β-unsaturated/α-hetero) is 1. The number of nitrogens with one attached hydrogen (secondary N) is 1. The van der Waals surface area contributed by atoms with Gasteiger partial charge in [-0.1, -0.05) is 53.5 Å². The summed E-state index contributed by atoms with van der Waals surface area (Å²) < 4.78 is 13.3. The average Bonchev–Trinajstić information content (AvgIpc) is 3.16. The molecule has 0 amide bonds. The van der Waals surface area contributed by atoms with E-state index in [0.29, 0.717) is 44.8 Å². The van der Waals surface area contributed by atoms with Gasteiger partial charge in [-0.2, -0.15) is 0 Å². The maximum atomic E-state index is 13.7. The van der Waals surface area contributed by atoms with Gasteiger partial charge in [0.25, 0.3) is 0 Å². The lowest BCUT2D eigenvalue weighted by atomic mass is 9.80. The van der Waals surface area contributed by atoms with Crippen LogP contribution in [0.2, 0.25) is 10.0 Å². The molecule has 0 saturated carbocycles. The molecule has 0 fully saturated rings. The van der Waals surface area contributed by atoms with Crippen LogP contribution in [0, 0.1) is 7.14 Å². The standard InChI is InChI=1S/C29H21Cl2I2NO4/c1-3-37-29(36)23-14(2)34-26-17-6-4-5-7-18(17)27(35)25(26)24(23)16-11-21(32)28(22(33)12-16)38-13-15-8-9-19(30)20(31)10-15/h4-12,24,34H,3,13H2,1-2H3/t24-/m0/s1. The fourth-order valence-corrected chi connectivity index (χ4v) is 7.26. The largest absolute Gasteiger partial charge is 0.487 e. The second-order valence-corrected chi connectivity index (χ2v) is 12.0. The highest BCUT2D eigenvalue weighted by molar-refractivity contribution is 14.1. The van der Waals surface area contributed by atoms with E-state index in [9.17, 15) is 9.59 Å². The summed E-state index contributed by atoms with van der Waals surface area (Å²) in [7, 11) is 0. The van der Waals surface area contributed by atoms with Gasteiger partial charge in [-0.05, 0) is 94.4 Å². The van der Waals surface area contributed by atoms with Crippen molar-refractivity contribution >= 4 is 85.8 Å². The van der Waals surface area contributed by atoms with Crippen LogP contribution in [-0.4, -0.2) is 18.4 Å². The van der Waals surface area contributed by atoms with Crippen LogP contribution in [0.3, 0.4) is 0 Å². The van der Waals surface area contributed by atoms with E-state index in [2.05, 4.69) is 50.5 Å². The van der Waals surface area contributed by atoms with Gasteiger partial charge in [0, 0.05) is 28.3 Å². The zero-order valence-corrected chi connectivity index (χ0v) is 26.2. The molecule has 0 spiro atoms. The number of carbonyl (C=O) groups excluding carboxylic acids is 2. The van der Waals surface area contributed by atoms with Gasteiger partial charge in [-0.25, -0.2) is 4.79 Å². The summed E-state index contributed by atoms with van der Waals surface area (Å²) in [6, 6.07) is 16.8. The van der Waals surface area contributed by atoms with Crippen molar-refractivity contribution in [2.24, 2.45) is 0 Å². The molecule has 1 aliphatic carbocycles. The number of esters is 1. The van der Waals surface area contributed by atoms with Crippen molar-refractivity contribution in [3.8, 4) is 5.75 Å². The molecule has 1 N–H and O–H groups in total. The molecule has 0 unspecified atom stereocenters. The van der Waals surface area contributed by atoms with Crippen LogP contribution in [0.15, 0.2) is 71.4 Å². The Morgan fingerprint density at radius 3 is 2.34 bits per heavy atom. The Hall–Kier alpha value is -2.08. The quantitative estimate of drug-likeness (QED) is 0.204. The molecule has 0 saturated heterocycles. The molecule has 1 heterocycles. The van der Waals surface area contributed by atoms with Crippen molar-refractivity contribution in [1.29, 1.82) is 0 Å². The molecule has 3 aromatic rings. The van der Waals surface area contributed by atoms with Crippen LogP contribution in [0.25, 0.3) is 5.70 Å². The predicted octanol–water partition coefficient (Wildman–Crippen LogP) is 7.91. The van der Waals surface area contributed by atoms with E-state index in [0.717, 1.165) is 29.5 Å². The Kier molecular flexibility index (Phi) is 8.09. The Balaban J connectivity index is 1.56. The summed E-state index contributed by atoms with van der Waals surface area (Å²) in [5.74, 6) is -0.407. The maximum absolute atomic E-state index is 13.7. The highest BCUT2D eigenvalue weighted by Gasteiger charge is 2.43. The van der Waals surface area contributed by atoms with Gasteiger partial charge in [0.2, 0.25) is 0 Å². The summed E-state index contributed by atoms with van der Waals surface area (Å²) in [4.78, 5) is 26.9. The number of carbonyl (C=O) groups is 2. The molecule has 0 aromatic heterocycles. The number of hydrogen-bond donors (Lipinski definition) is 1. The summed E-state index contributed by atoms with van der Waals surface area (Å²) in [5.41, 5.74) is 5.56. The normalized spacial score (nSPS) is 16.3. The van der Waals surface area contributed by atoms with Crippen molar-refractivity contribution in [1.82, 2.24) is 5.32 Å². The predicted molar refractivity (Wildman–Crippen MR) is 166 cm³/mol. The third kappa shape index (κ3) is 4.98. The average molecular weight is 772 g/mol. The first-order chi connectivity index (χ1) is 18.2. The van der Waals surface area contributed by atoms with Gasteiger partial charge in [-0.3, -0.25) is 4.79 Å². The van der Waals surface area contributed by atoms with Gasteiger partial charge < -0.3 is 14.8 Å². The minimum absolute atomic E-state index is 0.0904. The lowest BCUT2D eigenvalue weighted by molar-refractivity contribution is -0.138. The van der Waals surface area contributed by atoms with E-state index >= 15 is 0 Å². The summed E-state index contributed by atoms with van der Waals surface area (Å²) in [6.07, 6.45) is 0. The first-order valence-electron chi connectivity index (χ1n) is 11.8. The van der Waals surface area contributed by atoms with E-state index in [1.165, 1.54) is 0 Å². The smallest absolute Gasteiger partial charge is 0.336 e. The number of fused-ring (bicyclic) bond motifs is 2. The monoisotopic (exact) mass is 771 g/mol. The molecular weight excluding hydrogens is 751 g/mol. The van der Waals surface area contributed by atoms with Gasteiger partial charge in [0.05, 0.1) is 35.1 Å². The van der Waals surface area contributed by atoms with Crippen LogP contribution < -0.4 is 10.1 Å². The second kappa shape index (κ2) is 11.2. The molecule has 2 aliphatic rings. The van der Waals surface area contributed by atoms with E-state index < -0.39 is 11.9 Å². The van der Waals surface area contributed by atoms with Crippen molar-refractivity contribution in [2.75, 3.05) is 6.61 Å². The zero-order valence-electron chi connectivity index (χ0n) is 20.3. The number of ketones is 1. The van der Waals surface area contributed by atoms with E-state index in [1.54, 1.807) is 19.1 Å². The minimum Gasteiger partial charge on any atom is -0.487 e. The lowest BCUT2D eigenvalue weighted by Gasteiger charge is -2.29. The number of ether oxygens (including phenoxy) is 2. The molecule has 0 bridgehead atoms. The lowest BCUT2D eigenvalue weighted by Crippen LogP contribution is -2.29. The fourth-order valence-electron chi connectivity index (χ4n) is 4.81. The van der Waals surface area contributed by atoms with Crippen LogP contribution in [0.4, 0.5) is 0 Å². The molecular formula is C29H21Cl2I2NO4. The molecule has 5 rings (SSSR count). The Morgan fingerprint density at radius 1 is 1.00 bits per heavy atom. The number of rotatable bonds is 6. The molecule has 194 valence electrons. The molecule has 9 heteroatoms. The maximum Gasteiger partial charge on any atom is 0.336 e. The van der Waals surface area contributed by atoms with E-state index in [-0.39, 0.29) is 12.4 Å². The summed E-state index contributed by atoms with van der Waals surface area (Å²) in [6.45, 7) is 4.16. The molecule has 0 radical (unpaired) electrons. The summed E-state index contributed by atoms with van der Waals surface area (Å²) >= 11 is 16.7. The van der Waals surface area contributed by atoms with Crippen LogP contribution in [-0.2, 0) is 16.1 Å². The van der Waals surface area contributed by atoms with Crippen LogP contribution in [0.5, 0.6) is 5.75 Å². The number of allylic oxidation sites excluding steroid dienone is 2. The van der Waals surface area contributed by atoms with Crippen molar-refractivity contribution in [3.05, 3.63) is 111 Å². The third-order valence-corrected chi connectivity index (χ3v) is 8.81. The highest BCUT2D eigenvalue weighted by atomic mass is 127. The number of hydrogen-bond acceptors (Lipinski definition) is 5. The van der Waals surface area contributed by atoms with E-state index in [4.69, 9.17) is 32.7 Å². The Bertz CT molecular complexity index is 1540. The van der Waals surface area contributed by atoms with Crippen molar-refractivity contribution < 1.29 is 19.1 Å². The molecule has 5 nitrogen and oxygen atoms in total. The zero-order chi connectivity index (χ0) is 27.1. The number of benzene rings is 3. The van der Waals surface area contributed by atoms with Crippen LogP contribution >= 0.6 is 68.4 Å². The van der Waals surface area contributed by atoms with Crippen molar-refractivity contribution in [3.63, 3.8) is 0 Å². The third-order valence-electron chi connectivity index (χ3n) is 6.47. The van der Waals surface area contributed by atoms with Crippen LogP contribution in [0.1, 0.15) is 46.8 Å². The van der Waals surface area contributed by atoms with Crippen molar-refractivity contribution in [2.45, 2.75) is 26.4 Å². The van der Waals surface area contributed by atoms with Gasteiger partial charge in [-0.15, -0.1) is 0 Å². The fraction of sp³-hybridized carbons (Fsp3) is 0.172. The summed E-state index contributed by atoms with van der Waals surface area (Å²) in [5, 5.41) is 4.29. The molecule has 38 heavy (non-hydrogen) atoms. The topological polar surface area (TPSA) is 64.6 Å². The van der Waals surface area contributed by atoms with E-state index in [1.807, 2.05) is 49.4 Å². The SMILES string of the molecule is CCOC(=O)C1=C(C)NC2=C(C(=O)c3ccccc32)[C@H]1c1cc(I)c(OCc2ccc(Cl)c(Cl)c2)c(I)c1. The second-order valence-electron chi connectivity index (χ2n) is 8.83. The number of dihydropyridines is 1. The minimum atomic E-state index is -0.587. The number of halogens is 4. The van der Waals surface area contributed by atoms with Gasteiger partial charge in [0.15, 0.2) is 5.78 Å². The molecule has 1 atom stereocenters.